The van der Waals surface area contributed by atoms with Gasteiger partial charge in [-0.25, -0.2) is 13.8 Å². The van der Waals surface area contributed by atoms with Gasteiger partial charge in [0.2, 0.25) is 0 Å². The van der Waals surface area contributed by atoms with E-state index in [-0.39, 0.29) is 27.8 Å². The molecule has 0 atom stereocenters. The predicted octanol–water partition coefficient (Wildman–Crippen LogP) is 7.76. The quantitative estimate of drug-likeness (QED) is 0.193. The molecule has 7 nitrogen and oxygen atoms in total. The number of rotatable bonds is 8. The van der Waals surface area contributed by atoms with E-state index in [0.29, 0.717) is 32.4 Å². The summed E-state index contributed by atoms with van der Waals surface area (Å²) in [5, 5.41) is 3.66. The molecule has 0 saturated heterocycles. The molecule has 0 unspecified atom stereocenters. The molecule has 0 aliphatic carbocycles. The van der Waals surface area contributed by atoms with Crippen LogP contribution >= 0.6 is 34.3 Å². The number of nitrogens with one attached hydrogen (secondary N) is 1. The van der Waals surface area contributed by atoms with Gasteiger partial charge in [-0.05, 0) is 67.9 Å². The van der Waals surface area contributed by atoms with Gasteiger partial charge in [-0.2, -0.15) is 0 Å². The summed E-state index contributed by atoms with van der Waals surface area (Å²) in [6.45, 7) is 3.80. The van der Waals surface area contributed by atoms with Crippen molar-refractivity contribution in [3.63, 3.8) is 0 Å². The van der Waals surface area contributed by atoms with Gasteiger partial charge in [0, 0.05) is 25.7 Å². The second-order valence-corrected chi connectivity index (χ2v) is 11.3. The van der Waals surface area contributed by atoms with E-state index in [1.165, 1.54) is 23.5 Å². The van der Waals surface area contributed by atoms with Crippen LogP contribution < -0.4 is 15.8 Å². The second kappa shape index (κ2) is 10.8. The van der Waals surface area contributed by atoms with Gasteiger partial charge in [0.05, 0.1) is 5.69 Å². The molecule has 0 fully saturated rings. The number of aromatic nitrogens is 1. The number of halogens is 3. The average molecular weight is 588 g/mol. The number of carbonyl (C=O) groups excluding carboxylic acids is 2. The Kier molecular flexibility index (Phi) is 7.39. The number of thiophene rings is 2. The number of hydrogen-bond acceptors (Lipinski definition) is 7. The molecule has 5 rings (SSSR count). The lowest BCUT2D eigenvalue weighted by atomic mass is 10.1. The Morgan fingerprint density at radius 2 is 1.92 bits per heavy atom. The zero-order chi connectivity index (χ0) is 27.8. The van der Waals surface area contributed by atoms with Crippen LogP contribution in [0.5, 0.6) is 5.75 Å². The molecule has 39 heavy (non-hydrogen) atoms. The minimum atomic E-state index is -2.83. The lowest BCUT2D eigenvalue weighted by Crippen LogP contribution is -2.16. The van der Waals surface area contributed by atoms with Crippen LogP contribution in [0.1, 0.15) is 48.5 Å². The summed E-state index contributed by atoms with van der Waals surface area (Å²) in [7, 11) is 0. The number of pyridine rings is 1. The van der Waals surface area contributed by atoms with Crippen molar-refractivity contribution in [2.75, 3.05) is 5.32 Å². The first-order valence-corrected chi connectivity index (χ1v) is 13.5. The maximum atomic E-state index is 13.7. The fourth-order valence-corrected chi connectivity index (χ4v) is 5.93. The van der Waals surface area contributed by atoms with E-state index in [4.69, 9.17) is 26.5 Å². The molecular weight excluding hydrogens is 568 g/mol. The zero-order valence-corrected chi connectivity index (χ0v) is 22.9. The number of hydrogen-bond donors (Lipinski definition) is 2. The fraction of sp³-hybridized carbons (Fsp3) is 0.148. The Morgan fingerprint density at radius 3 is 2.59 bits per heavy atom. The van der Waals surface area contributed by atoms with Crippen LogP contribution in [0.15, 0.2) is 52.9 Å². The first-order valence-electron chi connectivity index (χ1n) is 11.5. The number of carbonyl (C=O) groups is 2. The van der Waals surface area contributed by atoms with Crippen LogP contribution in [-0.2, 0) is 6.61 Å². The van der Waals surface area contributed by atoms with Gasteiger partial charge in [-0.15, -0.1) is 22.7 Å². The molecule has 0 aliphatic rings. The number of amides is 2. The van der Waals surface area contributed by atoms with Gasteiger partial charge in [0.1, 0.15) is 33.5 Å². The minimum Gasteiger partial charge on any atom is -0.486 e. The van der Waals surface area contributed by atoms with Crippen LogP contribution in [0.4, 0.5) is 14.5 Å². The molecule has 2 amide bonds. The van der Waals surface area contributed by atoms with Crippen molar-refractivity contribution in [2.24, 2.45) is 5.73 Å². The fourth-order valence-electron chi connectivity index (χ4n) is 3.91. The Hall–Kier alpha value is -3.80. The van der Waals surface area contributed by atoms with E-state index in [0.717, 1.165) is 21.8 Å². The van der Waals surface area contributed by atoms with Gasteiger partial charge in [-0.3, -0.25) is 9.59 Å². The topological polar surface area (TPSA) is 107 Å². The molecular formula is C27H20ClF2N3O4S2. The van der Waals surface area contributed by atoms with E-state index in [9.17, 15) is 18.4 Å². The normalized spacial score (nSPS) is 11.3. The average Bonchev–Trinajstić information content (AvgIpc) is 3.63. The molecule has 5 aromatic rings. The van der Waals surface area contributed by atoms with Crippen molar-refractivity contribution in [1.82, 2.24) is 4.98 Å². The van der Waals surface area contributed by atoms with E-state index >= 15 is 0 Å². The van der Waals surface area contributed by atoms with Crippen LogP contribution in [-0.4, -0.2) is 16.8 Å². The summed E-state index contributed by atoms with van der Waals surface area (Å²) < 4.78 is 38.7. The highest BCUT2D eigenvalue weighted by molar-refractivity contribution is 7.21. The first-order chi connectivity index (χ1) is 18.6. The van der Waals surface area contributed by atoms with Crippen molar-refractivity contribution in [2.45, 2.75) is 26.9 Å². The summed E-state index contributed by atoms with van der Waals surface area (Å²) in [5.41, 5.74) is 6.52. The minimum absolute atomic E-state index is 0.0139. The van der Waals surface area contributed by atoms with Gasteiger partial charge < -0.3 is 20.2 Å². The van der Waals surface area contributed by atoms with Crippen molar-refractivity contribution in [3.05, 3.63) is 86.1 Å². The summed E-state index contributed by atoms with van der Waals surface area (Å²) >= 11 is 8.27. The Morgan fingerprint density at radius 1 is 1.13 bits per heavy atom. The highest BCUT2D eigenvalue weighted by atomic mass is 35.5. The number of ether oxygens (including phenoxy) is 1. The third kappa shape index (κ3) is 5.51. The number of alkyl halides is 2. The van der Waals surface area contributed by atoms with Crippen molar-refractivity contribution in [1.29, 1.82) is 0 Å². The number of primary amides is 1. The monoisotopic (exact) mass is 587 g/mol. The molecule has 4 heterocycles. The maximum absolute atomic E-state index is 13.7. The summed E-state index contributed by atoms with van der Waals surface area (Å²) in [4.78, 5) is 31.3. The SMILES string of the molecule is Cc1ccc(-c2cc(C(F)F)nc3sc(C(N)=O)c(NC(=O)c4ccc(COc5ccc(Cl)c(C)c5)o4)c23)s1. The highest BCUT2D eigenvalue weighted by Crippen LogP contribution is 2.44. The molecule has 0 aliphatic heterocycles. The number of anilines is 1. The molecule has 0 saturated carbocycles. The number of fused-ring (bicyclic) bond motifs is 1. The van der Waals surface area contributed by atoms with Gasteiger partial charge in [0.25, 0.3) is 18.2 Å². The number of furan rings is 1. The van der Waals surface area contributed by atoms with Crippen molar-refractivity contribution < 1.29 is 27.5 Å². The van der Waals surface area contributed by atoms with Crippen molar-refractivity contribution in [3.8, 4) is 16.2 Å². The third-order valence-corrected chi connectivity index (χ3v) is 8.33. The van der Waals surface area contributed by atoms with Crippen molar-refractivity contribution >= 4 is 62.0 Å². The largest absolute Gasteiger partial charge is 0.486 e. The van der Waals surface area contributed by atoms with E-state index < -0.39 is 23.9 Å². The Bertz CT molecular complexity index is 1730. The first kappa shape index (κ1) is 26.8. The Labute approximate surface area is 234 Å². The van der Waals surface area contributed by atoms with Crippen LogP contribution in [0.25, 0.3) is 20.7 Å². The molecule has 1 aromatic carbocycles. The standard InChI is InChI=1S/C27H20ClF2N3O4S2/c1-12-9-14(4-6-17(12)28)36-11-15-5-7-19(37-15)26(35)33-22-21-16(20-8-3-13(2)38-20)10-18(24(29)30)32-27(21)39-23(22)25(31)34/h3-10,24H,11H2,1-2H3,(H2,31,34)(H,33,35). The highest BCUT2D eigenvalue weighted by Gasteiger charge is 2.26. The summed E-state index contributed by atoms with van der Waals surface area (Å²) in [6, 6.07) is 13.2. The van der Waals surface area contributed by atoms with Gasteiger partial charge in [0.15, 0.2) is 5.76 Å². The Balaban J connectivity index is 1.47. The molecule has 0 radical (unpaired) electrons. The number of aryl methyl sites for hydroxylation is 2. The number of nitrogens with two attached hydrogens (primary N) is 1. The van der Waals surface area contributed by atoms with E-state index in [2.05, 4.69) is 10.3 Å². The number of nitrogens with zero attached hydrogens (tertiary/aromatic N) is 1. The molecule has 0 bridgehead atoms. The van der Waals surface area contributed by atoms with E-state index in [1.54, 1.807) is 30.3 Å². The zero-order valence-electron chi connectivity index (χ0n) is 20.5. The molecule has 200 valence electrons. The van der Waals surface area contributed by atoms with Gasteiger partial charge >= 0.3 is 0 Å². The molecule has 12 heteroatoms. The van der Waals surface area contributed by atoms with E-state index in [1.807, 2.05) is 19.9 Å². The maximum Gasteiger partial charge on any atom is 0.291 e. The summed E-state index contributed by atoms with van der Waals surface area (Å²) in [5.74, 6) is -0.552. The van der Waals surface area contributed by atoms with Crippen LogP contribution in [0.2, 0.25) is 5.02 Å². The molecule has 4 aromatic heterocycles. The summed E-state index contributed by atoms with van der Waals surface area (Å²) in [6.07, 6.45) is -2.83. The molecule has 3 N–H and O–H groups in total. The van der Waals surface area contributed by atoms with Gasteiger partial charge in [-0.1, -0.05) is 11.6 Å². The third-order valence-electron chi connectivity index (χ3n) is 5.77. The predicted molar refractivity (Wildman–Crippen MR) is 148 cm³/mol. The lowest BCUT2D eigenvalue weighted by Gasteiger charge is -2.09. The van der Waals surface area contributed by atoms with Crippen LogP contribution in [0.3, 0.4) is 0 Å². The number of benzene rings is 1. The lowest BCUT2D eigenvalue weighted by molar-refractivity contribution is 0.0992. The second-order valence-electron chi connectivity index (χ2n) is 8.58. The van der Waals surface area contributed by atoms with Crippen LogP contribution in [0, 0.1) is 13.8 Å². The molecule has 0 spiro atoms. The smallest absolute Gasteiger partial charge is 0.291 e.